The fraction of sp³-hybridized carbons (Fsp3) is 0.296. The first-order valence-corrected chi connectivity index (χ1v) is 12.3. The number of hydrogen-bond donors (Lipinski definition) is 0. The van der Waals surface area contributed by atoms with Crippen LogP contribution in [0, 0.1) is 0 Å². The number of anilines is 1. The number of carbonyl (C=O) groups excluding carboxylic acids is 1. The molecule has 36 heavy (non-hydrogen) atoms. The summed E-state index contributed by atoms with van der Waals surface area (Å²) in [6, 6.07) is 21.1. The van der Waals surface area contributed by atoms with Gasteiger partial charge in [-0.3, -0.25) is 9.69 Å². The van der Waals surface area contributed by atoms with E-state index in [-0.39, 0.29) is 30.8 Å². The van der Waals surface area contributed by atoms with Crippen LogP contribution in [-0.2, 0) is 9.53 Å². The Kier molecular flexibility index (Phi) is 10.2. The highest BCUT2D eigenvalue weighted by Gasteiger charge is 2.33. The average Bonchev–Trinajstić information content (AvgIpc) is 2.87. The zero-order valence-corrected chi connectivity index (χ0v) is 22.7. The van der Waals surface area contributed by atoms with E-state index in [2.05, 4.69) is 9.80 Å². The Hall–Kier alpha value is -2.15. The van der Waals surface area contributed by atoms with Crippen LogP contribution in [-0.4, -0.2) is 50.2 Å². The van der Waals surface area contributed by atoms with Gasteiger partial charge in [-0.15, -0.1) is 24.8 Å². The summed E-state index contributed by atoms with van der Waals surface area (Å²) < 4.78 is 11.7. The minimum atomic E-state index is -0.462. The number of esters is 1. The topological polar surface area (TPSA) is 42.0 Å². The van der Waals surface area contributed by atoms with Gasteiger partial charge in [0.1, 0.15) is 17.4 Å². The number of carbonyl (C=O) groups is 1. The van der Waals surface area contributed by atoms with E-state index in [9.17, 15) is 4.79 Å². The number of ether oxygens (including phenoxy) is 2. The predicted octanol–water partition coefficient (Wildman–Crippen LogP) is 6.83. The Balaban J connectivity index is 0.00000180. The predicted molar refractivity (Wildman–Crippen MR) is 150 cm³/mol. The third kappa shape index (κ3) is 6.21. The number of benzene rings is 3. The third-order valence-corrected chi connectivity index (χ3v) is 7.16. The van der Waals surface area contributed by atoms with Crippen LogP contribution in [0.5, 0.6) is 11.5 Å². The van der Waals surface area contributed by atoms with Crippen LogP contribution in [0.1, 0.15) is 23.5 Å². The van der Waals surface area contributed by atoms with Crippen LogP contribution in [0.3, 0.4) is 0 Å². The van der Waals surface area contributed by atoms with E-state index in [1.807, 2.05) is 66.7 Å². The summed E-state index contributed by atoms with van der Waals surface area (Å²) in [5.74, 6) is 0.731. The van der Waals surface area contributed by atoms with Crippen molar-refractivity contribution in [1.82, 2.24) is 4.90 Å². The fourth-order valence-electron chi connectivity index (χ4n) is 4.62. The number of rotatable bonds is 6. The molecule has 0 amide bonds. The lowest BCUT2D eigenvalue weighted by Crippen LogP contribution is -2.46. The molecule has 0 bridgehead atoms. The Morgan fingerprint density at radius 3 is 2.08 bits per heavy atom. The van der Waals surface area contributed by atoms with E-state index in [4.69, 9.17) is 32.7 Å². The largest absolute Gasteiger partial charge is 0.465 e. The Morgan fingerprint density at radius 2 is 1.47 bits per heavy atom. The van der Waals surface area contributed by atoms with Crippen LogP contribution in [0.2, 0.25) is 10.0 Å². The lowest BCUT2D eigenvalue weighted by molar-refractivity contribution is -0.144. The molecule has 2 aliphatic heterocycles. The maximum Gasteiger partial charge on any atom is 0.318 e. The molecule has 0 aliphatic carbocycles. The van der Waals surface area contributed by atoms with Crippen LogP contribution in [0.15, 0.2) is 66.7 Å². The first-order chi connectivity index (χ1) is 16.6. The molecular weight excluding hydrogens is 542 g/mol. The van der Waals surface area contributed by atoms with E-state index in [1.165, 1.54) is 0 Å². The van der Waals surface area contributed by atoms with Crippen molar-refractivity contribution >= 4 is 59.7 Å². The molecule has 0 spiro atoms. The molecule has 0 aromatic heterocycles. The van der Waals surface area contributed by atoms with Crippen molar-refractivity contribution in [3.05, 3.63) is 87.9 Å². The highest BCUT2D eigenvalue weighted by Crippen LogP contribution is 2.44. The summed E-state index contributed by atoms with van der Waals surface area (Å²) in [5, 5.41) is 1.16. The molecule has 2 heterocycles. The van der Waals surface area contributed by atoms with Gasteiger partial charge in [0.05, 0.1) is 16.7 Å². The lowest BCUT2D eigenvalue weighted by atomic mass is 9.88. The summed E-state index contributed by atoms with van der Waals surface area (Å²) in [6.45, 7) is 5.04. The minimum Gasteiger partial charge on any atom is -0.465 e. The van der Waals surface area contributed by atoms with Gasteiger partial charge in [0.2, 0.25) is 0 Å². The standard InChI is InChI=1S/C27H26Cl2N2O3.2ClH/c28-22-11-10-19(18-23(22)29)31-15-13-30(14-16-31)12-5-17-33-27(32)26-20-6-1-3-8-24(20)34-25-9-4-2-7-21(25)26;;/h1-4,6-11,18,26H,5,12-17H2;2*1H. The van der Waals surface area contributed by atoms with Crippen molar-refractivity contribution in [2.24, 2.45) is 0 Å². The van der Waals surface area contributed by atoms with E-state index in [0.717, 1.165) is 56.0 Å². The highest BCUT2D eigenvalue weighted by atomic mass is 35.5. The molecule has 9 heteroatoms. The molecular formula is C27H28Cl4N2O3. The van der Waals surface area contributed by atoms with Gasteiger partial charge in [0.25, 0.3) is 0 Å². The molecule has 3 aromatic carbocycles. The second-order valence-electron chi connectivity index (χ2n) is 8.56. The van der Waals surface area contributed by atoms with E-state index >= 15 is 0 Å². The Labute approximate surface area is 234 Å². The van der Waals surface area contributed by atoms with Crippen molar-refractivity contribution in [2.75, 3.05) is 44.2 Å². The number of hydrogen-bond acceptors (Lipinski definition) is 5. The average molecular weight is 570 g/mol. The normalized spacial score (nSPS) is 15.0. The number of piperazine rings is 1. The van der Waals surface area contributed by atoms with Gasteiger partial charge < -0.3 is 14.4 Å². The van der Waals surface area contributed by atoms with Crippen LogP contribution in [0.4, 0.5) is 5.69 Å². The van der Waals surface area contributed by atoms with Crippen molar-refractivity contribution in [3.8, 4) is 11.5 Å². The Morgan fingerprint density at radius 1 is 0.861 bits per heavy atom. The van der Waals surface area contributed by atoms with Gasteiger partial charge in [0, 0.05) is 49.5 Å². The second kappa shape index (κ2) is 12.9. The first kappa shape index (κ1) is 28.4. The Bertz CT molecular complexity index is 1140. The second-order valence-corrected chi connectivity index (χ2v) is 9.37. The van der Waals surface area contributed by atoms with Gasteiger partial charge in [-0.2, -0.15) is 0 Å². The van der Waals surface area contributed by atoms with Gasteiger partial charge >= 0.3 is 5.97 Å². The van der Waals surface area contributed by atoms with Crippen LogP contribution >= 0.6 is 48.0 Å². The van der Waals surface area contributed by atoms with E-state index in [0.29, 0.717) is 28.2 Å². The SMILES string of the molecule is Cl.Cl.O=C(OCCCN1CCN(c2ccc(Cl)c(Cl)c2)CC1)C1c2ccccc2Oc2ccccc21. The zero-order valence-electron chi connectivity index (χ0n) is 19.6. The fourth-order valence-corrected chi connectivity index (χ4v) is 4.91. The van der Waals surface area contributed by atoms with Crippen molar-refractivity contribution in [1.29, 1.82) is 0 Å². The number of nitrogens with zero attached hydrogens (tertiary/aromatic N) is 2. The smallest absolute Gasteiger partial charge is 0.318 e. The van der Waals surface area contributed by atoms with Crippen LogP contribution in [0.25, 0.3) is 0 Å². The summed E-state index contributed by atoms with van der Waals surface area (Å²) in [5.41, 5.74) is 2.80. The molecule has 2 aliphatic rings. The van der Waals surface area contributed by atoms with Gasteiger partial charge in [-0.25, -0.2) is 0 Å². The molecule has 0 radical (unpaired) electrons. The van der Waals surface area contributed by atoms with Gasteiger partial charge in [-0.05, 0) is 36.8 Å². The molecule has 3 aromatic rings. The first-order valence-electron chi connectivity index (χ1n) is 11.5. The van der Waals surface area contributed by atoms with E-state index < -0.39 is 5.92 Å². The number of fused-ring (bicyclic) bond motifs is 2. The molecule has 0 atom stereocenters. The van der Waals surface area contributed by atoms with Gasteiger partial charge in [-0.1, -0.05) is 59.6 Å². The van der Waals surface area contributed by atoms with Crippen molar-refractivity contribution in [3.63, 3.8) is 0 Å². The summed E-state index contributed by atoms with van der Waals surface area (Å²) in [4.78, 5) is 17.8. The summed E-state index contributed by atoms with van der Waals surface area (Å²) >= 11 is 12.2. The quantitative estimate of drug-likeness (QED) is 0.240. The molecule has 1 saturated heterocycles. The third-order valence-electron chi connectivity index (χ3n) is 6.42. The molecule has 5 rings (SSSR count). The van der Waals surface area contributed by atoms with Crippen molar-refractivity contribution in [2.45, 2.75) is 12.3 Å². The highest BCUT2D eigenvalue weighted by molar-refractivity contribution is 6.42. The van der Waals surface area contributed by atoms with E-state index in [1.54, 1.807) is 0 Å². The molecule has 192 valence electrons. The summed E-state index contributed by atoms with van der Waals surface area (Å²) in [6.07, 6.45) is 0.797. The van der Waals surface area contributed by atoms with Crippen LogP contribution < -0.4 is 9.64 Å². The summed E-state index contributed by atoms with van der Waals surface area (Å²) in [7, 11) is 0. The zero-order chi connectivity index (χ0) is 23.5. The maximum atomic E-state index is 13.1. The number of halogens is 4. The maximum absolute atomic E-state index is 13.1. The molecule has 0 N–H and O–H groups in total. The molecule has 0 unspecified atom stereocenters. The molecule has 5 nitrogen and oxygen atoms in total. The lowest BCUT2D eigenvalue weighted by Gasteiger charge is -2.36. The molecule has 0 saturated carbocycles. The molecule has 1 fully saturated rings. The minimum absolute atomic E-state index is 0. The van der Waals surface area contributed by atoms with Gasteiger partial charge in [0.15, 0.2) is 0 Å². The van der Waals surface area contributed by atoms with Crippen molar-refractivity contribution < 1.29 is 14.3 Å². The number of para-hydroxylation sites is 2. The monoisotopic (exact) mass is 568 g/mol.